The van der Waals surface area contributed by atoms with Crippen LogP contribution in [0.5, 0.6) is 0 Å². The molecule has 0 unspecified atom stereocenters. The summed E-state index contributed by atoms with van der Waals surface area (Å²) < 4.78 is 0. The van der Waals surface area contributed by atoms with Gasteiger partial charge in [0, 0.05) is 18.3 Å². The van der Waals surface area contributed by atoms with Crippen molar-refractivity contribution in [2.75, 3.05) is 36.2 Å². The number of nitrogens with one attached hydrogen (secondary N) is 1. The molecule has 1 aliphatic heterocycles. The lowest BCUT2D eigenvalue weighted by Crippen LogP contribution is -2.56. The van der Waals surface area contributed by atoms with E-state index in [2.05, 4.69) is 29.6 Å². The van der Waals surface area contributed by atoms with Crippen molar-refractivity contribution >= 4 is 58.0 Å². The number of aryl methyl sites for hydroxylation is 1. The molecule has 0 spiro atoms. The Labute approximate surface area is 252 Å². The summed E-state index contributed by atoms with van der Waals surface area (Å²) in [5, 5.41) is 5.10. The minimum absolute atomic E-state index is 0. The molecule has 9 heteroatoms. The van der Waals surface area contributed by atoms with E-state index in [4.69, 9.17) is 5.73 Å². The summed E-state index contributed by atoms with van der Waals surface area (Å²) in [6.07, 6.45) is 0. The highest BCUT2D eigenvalue weighted by molar-refractivity contribution is 6.13. The van der Waals surface area contributed by atoms with Crippen LogP contribution in [0, 0.1) is 6.92 Å². The summed E-state index contributed by atoms with van der Waals surface area (Å²) in [7, 11) is 3.33. The van der Waals surface area contributed by atoms with Crippen LogP contribution in [0.4, 0.5) is 17.1 Å². The molecule has 1 heterocycles. The molecule has 8 nitrogen and oxygen atoms in total. The van der Waals surface area contributed by atoms with E-state index in [1.54, 1.807) is 55.1 Å². The first-order valence-corrected chi connectivity index (χ1v) is 13.7. The maximum atomic E-state index is 14.5. The summed E-state index contributed by atoms with van der Waals surface area (Å²) >= 11 is 0. The first kappa shape index (κ1) is 30.6. The van der Waals surface area contributed by atoms with Gasteiger partial charge in [0.15, 0.2) is 0 Å². The molecule has 1 aliphatic rings. The summed E-state index contributed by atoms with van der Waals surface area (Å²) in [5.74, 6) is -0.768. The molecule has 4 aromatic rings. The Balaban J connectivity index is 0.00000405. The molecular formula is C33H36ClN5O3. The molecule has 3 amide bonds. The van der Waals surface area contributed by atoms with Crippen molar-refractivity contribution in [2.24, 2.45) is 0 Å². The van der Waals surface area contributed by atoms with Crippen LogP contribution in [-0.2, 0) is 16.1 Å². The molecular weight excluding hydrogens is 550 g/mol. The fourth-order valence-corrected chi connectivity index (χ4v) is 5.39. The number of amides is 3. The maximum Gasteiger partial charge on any atom is 0.258 e. The third-order valence-corrected chi connectivity index (χ3v) is 7.98. The lowest BCUT2D eigenvalue weighted by molar-refractivity contribution is -0.138. The lowest BCUT2D eigenvalue weighted by atomic mass is 9.98. The first-order chi connectivity index (χ1) is 19.7. The number of hydrogen-bond donors (Lipinski definition) is 2. The number of nitrogens with two attached hydrogens (primary N) is 1. The molecule has 0 fully saturated rings. The lowest BCUT2D eigenvalue weighted by Gasteiger charge is -2.33. The number of nitrogens with zero attached hydrogens (tertiary/aromatic N) is 3. The Hall–Kier alpha value is -4.40. The fraction of sp³-hybridized carbons (Fsp3) is 0.242. The predicted octanol–water partition coefficient (Wildman–Crippen LogP) is 4.78. The second kappa shape index (κ2) is 12.6. The number of carbonyl (C=O) groups is 3. The molecule has 0 saturated carbocycles. The van der Waals surface area contributed by atoms with Gasteiger partial charge in [0.2, 0.25) is 5.91 Å². The minimum Gasteiger partial charge on any atom is -0.399 e. The summed E-state index contributed by atoms with van der Waals surface area (Å²) in [5.41, 5.74) is 10.1. The zero-order chi connectivity index (χ0) is 29.3. The van der Waals surface area contributed by atoms with Crippen LogP contribution in [-0.4, -0.2) is 55.3 Å². The van der Waals surface area contributed by atoms with Gasteiger partial charge in [-0.1, -0.05) is 48.5 Å². The number of hydrogen-bond acceptors (Lipinski definition) is 5. The first-order valence-electron chi connectivity index (χ1n) is 13.7. The van der Waals surface area contributed by atoms with Gasteiger partial charge in [-0.25, -0.2) is 0 Å². The minimum atomic E-state index is -0.918. The van der Waals surface area contributed by atoms with E-state index < -0.39 is 12.1 Å². The van der Waals surface area contributed by atoms with Crippen molar-refractivity contribution in [3.8, 4) is 0 Å². The predicted molar refractivity (Wildman–Crippen MR) is 171 cm³/mol. The molecule has 4 aromatic carbocycles. The summed E-state index contributed by atoms with van der Waals surface area (Å²) in [6, 6.07) is 24.9. The fourth-order valence-electron chi connectivity index (χ4n) is 5.39. The number of para-hydroxylation sites is 2. The molecule has 0 aliphatic carbocycles. The van der Waals surface area contributed by atoms with Crippen molar-refractivity contribution in [1.29, 1.82) is 0 Å². The Morgan fingerprint density at radius 3 is 2.31 bits per heavy atom. The van der Waals surface area contributed by atoms with Gasteiger partial charge in [-0.2, -0.15) is 0 Å². The number of likely N-dealkylation sites (N-methyl/N-ethyl adjacent to an activating group) is 2. The highest BCUT2D eigenvalue weighted by atomic mass is 35.5. The number of fused-ring (bicyclic) bond motifs is 2. The number of nitrogen functional groups attached to an aromatic ring is 1. The molecule has 0 radical (unpaired) electrons. The molecule has 5 rings (SSSR count). The third kappa shape index (κ3) is 5.68. The van der Waals surface area contributed by atoms with Gasteiger partial charge in [0.1, 0.15) is 6.04 Å². The Kier molecular flexibility index (Phi) is 9.19. The SMILES string of the molecule is CN[C@@H](C)C(=O)N(C)[C@H]1CN(C(=O)c2ccc(N)cc2)c2ccccc2N(Cc2c(C)ccc3ccccc23)C1=O.Cl. The number of anilines is 3. The zero-order valence-corrected chi connectivity index (χ0v) is 25.0. The highest BCUT2D eigenvalue weighted by Gasteiger charge is 2.40. The Morgan fingerprint density at radius 1 is 0.976 bits per heavy atom. The van der Waals surface area contributed by atoms with Gasteiger partial charge in [0.25, 0.3) is 11.8 Å². The van der Waals surface area contributed by atoms with Crippen molar-refractivity contribution in [3.63, 3.8) is 0 Å². The van der Waals surface area contributed by atoms with E-state index in [9.17, 15) is 14.4 Å². The topological polar surface area (TPSA) is 99.0 Å². The Bertz CT molecular complexity index is 1620. The summed E-state index contributed by atoms with van der Waals surface area (Å²) in [6.45, 7) is 4.08. The highest BCUT2D eigenvalue weighted by Crippen LogP contribution is 2.37. The number of rotatable bonds is 6. The maximum absolute atomic E-state index is 14.5. The van der Waals surface area contributed by atoms with Crippen molar-refractivity contribution < 1.29 is 14.4 Å². The molecule has 218 valence electrons. The van der Waals surface area contributed by atoms with Crippen LogP contribution in [0.3, 0.4) is 0 Å². The van der Waals surface area contributed by atoms with Gasteiger partial charge in [-0.3, -0.25) is 14.4 Å². The van der Waals surface area contributed by atoms with Crippen molar-refractivity contribution in [3.05, 3.63) is 102 Å². The van der Waals surface area contributed by atoms with E-state index in [1.165, 1.54) is 4.90 Å². The summed E-state index contributed by atoms with van der Waals surface area (Å²) in [4.78, 5) is 46.7. The average Bonchev–Trinajstić information content (AvgIpc) is 3.11. The van der Waals surface area contributed by atoms with Gasteiger partial charge in [-0.05, 0) is 79.2 Å². The monoisotopic (exact) mass is 585 g/mol. The van der Waals surface area contributed by atoms with E-state index in [0.717, 1.165) is 21.9 Å². The van der Waals surface area contributed by atoms with Gasteiger partial charge >= 0.3 is 0 Å². The van der Waals surface area contributed by atoms with Gasteiger partial charge in [0.05, 0.1) is 30.5 Å². The van der Waals surface area contributed by atoms with Gasteiger partial charge < -0.3 is 25.8 Å². The van der Waals surface area contributed by atoms with Crippen LogP contribution in [0.15, 0.2) is 84.9 Å². The quantitative estimate of drug-likeness (QED) is 0.317. The van der Waals surface area contributed by atoms with Crippen LogP contribution < -0.4 is 20.9 Å². The number of carbonyl (C=O) groups excluding carboxylic acids is 3. The Morgan fingerprint density at radius 2 is 1.62 bits per heavy atom. The second-order valence-corrected chi connectivity index (χ2v) is 10.5. The molecule has 0 bridgehead atoms. The van der Waals surface area contributed by atoms with Gasteiger partial charge in [-0.15, -0.1) is 12.4 Å². The number of halogens is 1. The van der Waals surface area contributed by atoms with Crippen molar-refractivity contribution in [1.82, 2.24) is 10.2 Å². The smallest absolute Gasteiger partial charge is 0.258 e. The third-order valence-electron chi connectivity index (χ3n) is 7.98. The van der Waals surface area contributed by atoms with E-state index in [-0.39, 0.29) is 43.2 Å². The molecule has 0 saturated heterocycles. The van der Waals surface area contributed by atoms with Crippen LogP contribution in [0.1, 0.15) is 28.4 Å². The molecule has 2 atom stereocenters. The van der Waals surface area contributed by atoms with E-state index in [1.807, 2.05) is 43.3 Å². The van der Waals surface area contributed by atoms with Crippen LogP contribution in [0.2, 0.25) is 0 Å². The molecule has 42 heavy (non-hydrogen) atoms. The van der Waals surface area contributed by atoms with Crippen molar-refractivity contribution in [2.45, 2.75) is 32.5 Å². The molecule has 0 aromatic heterocycles. The van der Waals surface area contributed by atoms with E-state index in [0.29, 0.717) is 22.6 Å². The normalized spacial score (nSPS) is 15.4. The molecule has 3 N–H and O–H groups in total. The standard InChI is InChI=1S/C33H35N5O3.ClH/c1-21-13-14-23-9-5-6-10-26(23)27(21)19-37-28-11-7-8-12-29(28)38(32(40)24-15-17-25(34)18-16-24)20-30(33(37)41)36(4)31(39)22(2)35-3;/h5-18,22,30,35H,19-20,34H2,1-4H3;1H/t22-,30-;/m0./s1. The zero-order valence-electron chi connectivity index (χ0n) is 24.2. The average molecular weight is 586 g/mol. The van der Waals surface area contributed by atoms with E-state index >= 15 is 0 Å². The van der Waals surface area contributed by atoms with Crippen LogP contribution in [0.25, 0.3) is 10.8 Å². The van der Waals surface area contributed by atoms with Crippen LogP contribution >= 0.6 is 12.4 Å². The second-order valence-electron chi connectivity index (χ2n) is 10.5. The number of benzene rings is 4. The largest absolute Gasteiger partial charge is 0.399 e.